The normalized spacial score (nSPS) is 22.6. The molecule has 0 atom stereocenters. The molecule has 0 heterocycles. The topological polar surface area (TPSA) is 30.5 Å². The minimum absolute atomic E-state index is 0.676. The Labute approximate surface area is 122 Å². The molecule has 0 saturated heterocycles. The smallest absolute Gasteiger partial charge is 0.161 e. The molecule has 0 aromatic heterocycles. The van der Waals surface area contributed by atoms with E-state index in [-0.39, 0.29) is 0 Å². The van der Waals surface area contributed by atoms with Gasteiger partial charge in [-0.25, -0.2) is 0 Å². The van der Waals surface area contributed by atoms with E-state index in [1.807, 2.05) is 18.2 Å². The minimum atomic E-state index is 0.676. The fourth-order valence-corrected chi connectivity index (χ4v) is 2.78. The Morgan fingerprint density at radius 2 is 1.90 bits per heavy atom. The predicted molar refractivity (Wildman–Crippen MR) is 82.6 cm³/mol. The largest absolute Gasteiger partial charge is 0.493 e. The molecule has 112 valence electrons. The average molecular weight is 277 g/mol. The molecule has 3 heteroatoms. The van der Waals surface area contributed by atoms with Gasteiger partial charge in [0.1, 0.15) is 6.61 Å². The maximum Gasteiger partial charge on any atom is 0.161 e. The van der Waals surface area contributed by atoms with Crippen LogP contribution < -0.4 is 14.8 Å². The standard InChI is InChI=1S/C17H27NO2/c1-13-4-7-15(8-5-13)18-10-11-20-16-9-6-14(2)12-17(16)19-3/h6,9,12-13,15,18H,4-5,7-8,10-11H2,1-3H3. The van der Waals surface area contributed by atoms with Gasteiger partial charge in [0.05, 0.1) is 7.11 Å². The van der Waals surface area contributed by atoms with E-state index in [1.54, 1.807) is 7.11 Å². The third-order valence-electron chi connectivity index (χ3n) is 4.13. The molecule has 0 amide bonds. The molecule has 1 aliphatic rings. The molecule has 1 aromatic rings. The molecule has 2 rings (SSSR count). The Morgan fingerprint density at radius 1 is 1.15 bits per heavy atom. The highest BCUT2D eigenvalue weighted by molar-refractivity contribution is 5.42. The van der Waals surface area contributed by atoms with E-state index in [9.17, 15) is 0 Å². The second kappa shape index (κ2) is 7.53. The number of hydrogen-bond acceptors (Lipinski definition) is 3. The lowest BCUT2D eigenvalue weighted by Crippen LogP contribution is -2.35. The van der Waals surface area contributed by atoms with Crippen LogP contribution >= 0.6 is 0 Å². The SMILES string of the molecule is COc1cc(C)ccc1OCCNC1CCC(C)CC1. The first-order valence-electron chi connectivity index (χ1n) is 7.70. The Bertz CT molecular complexity index is 411. The highest BCUT2D eigenvalue weighted by atomic mass is 16.5. The van der Waals surface area contributed by atoms with Crippen LogP contribution in [0.4, 0.5) is 0 Å². The first-order chi connectivity index (χ1) is 9.69. The van der Waals surface area contributed by atoms with E-state index >= 15 is 0 Å². The zero-order valence-corrected chi connectivity index (χ0v) is 12.9. The molecule has 20 heavy (non-hydrogen) atoms. The van der Waals surface area contributed by atoms with Crippen LogP contribution in [-0.4, -0.2) is 26.3 Å². The van der Waals surface area contributed by atoms with Crippen molar-refractivity contribution < 1.29 is 9.47 Å². The van der Waals surface area contributed by atoms with Crippen molar-refractivity contribution in [3.63, 3.8) is 0 Å². The zero-order valence-electron chi connectivity index (χ0n) is 12.9. The number of hydrogen-bond donors (Lipinski definition) is 1. The lowest BCUT2D eigenvalue weighted by atomic mass is 9.87. The molecule has 0 unspecified atom stereocenters. The van der Waals surface area contributed by atoms with Crippen LogP contribution in [0.15, 0.2) is 18.2 Å². The first kappa shape index (κ1) is 15.2. The summed E-state index contributed by atoms with van der Waals surface area (Å²) in [5.41, 5.74) is 1.18. The first-order valence-corrected chi connectivity index (χ1v) is 7.70. The third kappa shape index (κ3) is 4.41. The van der Waals surface area contributed by atoms with Gasteiger partial charge in [-0.1, -0.05) is 13.0 Å². The summed E-state index contributed by atoms with van der Waals surface area (Å²) in [5, 5.41) is 3.60. The van der Waals surface area contributed by atoms with Crippen molar-refractivity contribution in [2.24, 2.45) is 5.92 Å². The maximum atomic E-state index is 5.81. The highest BCUT2D eigenvalue weighted by Crippen LogP contribution is 2.27. The molecule has 1 saturated carbocycles. The summed E-state index contributed by atoms with van der Waals surface area (Å²) >= 11 is 0. The Kier molecular flexibility index (Phi) is 5.72. The summed E-state index contributed by atoms with van der Waals surface area (Å²) in [7, 11) is 1.68. The van der Waals surface area contributed by atoms with Crippen molar-refractivity contribution >= 4 is 0 Å². The van der Waals surface area contributed by atoms with Gasteiger partial charge in [-0.05, 0) is 56.2 Å². The van der Waals surface area contributed by atoms with Crippen LogP contribution in [-0.2, 0) is 0 Å². The van der Waals surface area contributed by atoms with Crippen LogP contribution in [0.1, 0.15) is 38.2 Å². The van der Waals surface area contributed by atoms with Crippen LogP contribution in [0.2, 0.25) is 0 Å². The second-order valence-electron chi connectivity index (χ2n) is 5.91. The van der Waals surface area contributed by atoms with Crippen molar-refractivity contribution in [2.75, 3.05) is 20.3 Å². The van der Waals surface area contributed by atoms with Gasteiger partial charge >= 0.3 is 0 Å². The van der Waals surface area contributed by atoms with Gasteiger partial charge in [-0.3, -0.25) is 0 Å². The Balaban J connectivity index is 1.71. The fraction of sp³-hybridized carbons (Fsp3) is 0.647. The summed E-state index contributed by atoms with van der Waals surface area (Å²) < 4.78 is 11.1. The summed E-state index contributed by atoms with van der Waals surface area (Å²) in [6.45, 7) is 5.99. The molecule has 1 fully saturated rings. The summed E-state index contributed by atoms with van der Waals surface area (Å²) in [6, 6.07) is 6.71. The van der Waals surface area contributed by atoms with Crippen LogP contribution in [0.25, 0.3) is 0 Å². The van der Waals surface area contributed by atoms with E-state index in [2.05, 4.69) is 19.2 Å². The van der Waals surface area contributed by atoms with Crippen LogP contribution in [0.3, 0.4) is 0 Å². The number of nitrogens with one attached hydrogen (secondary N) is 1. The van der Waals surface area contributed by atoms with E-state index in [0.29, 0.717) is 12.6 Å². The van der Waals surface area contributed by atoms with Gasteiger partial charge in [0.15, 0.2) is 11.5 Å². The number of methoxy groups -OCH3 is 1. The summed E-state index contributed by atoms with van der Waals surface area (Å²) in [6.07, 6.45) is 5.30. The van der Waals surface area contributed by atoms with E-state index < -0.39 is 0 Å². The van der Waals surface area contributed by atoms with Crippen molar-refractivity contribution in [3.05, 3.63) is 23.8 Å². The van der Waals surface area contributed by atoms with Gasteiger partial charge in [-0.2, -0.15) is 0 Å². The third-order valence-corrected chi connectivity index (χ3v) is 4.13. The number of rotatable bonds is 6. The molecule has 1 aliphatic carbocycles. The summed E-state index contributed by atoms with van der Waals surface area (Å²) in [4.78, 5) is 0. The van der Waals surface area contributed by atoms with Crippen molar-refractivity contribution in [3.8, 4) is 11.5 Å². The van der Waals surface area contributed by atoms with Gasteiger partial charge in [-0.15, -0.1) is 0 Å². The maximum absolute atomic E-state index is 5.81. The molecule has 3 nitrogen and oxygen atoms in total. The monoisotopic (exact) mass is 277 g/mol. The molecule has 0 radical (unpaired) electrons. The second-order valence-corrected chi connectivity index (χ2v) is 5.91. The number of aryl methyl sites for hydroxylation is 1. The minimum Gasteiger partial charge on any atom is -0.493 e. The summed E-state index contributed by atoms with van der Waals surface area (Å²) in [5.74, 6) is 2.55. The Hall–Kier alpha value is -1.22. The quantitative estimate of drug-likeness (QED) is 0.807. The van der Waals surface area contributed by atoms with Gasteiger partial charge < -0.3 is 14.8 Å². The molecule has 0 spiro atoms. The van der Waals surface area contributed by atoms with E-state index in [1.165, 1.54) is 31.2 Å². The lowest BCUT2D eigenvalue weighted by Gasteiger charge is -2.27. The molecule has 0 bridgehead atoms. The van der Waals surface area contributed by atoms with Gasteiger partial charge in [0.2, 0.25) is 0 Å². The van der Waals surface area contributed by atoms with E-state index in [0.717, 1.165) is 24.0 Å². The fourth-order valence-electron chi connectivity index (χ4n) is 2.78. The average Bonchev–Trinajstić information content (AvgIpc) is 2.46. The zero-order chi connectivity index (χ0) is 14.4. The number of ether oxygens (including phenoxy) is 2. The molecule has 1 N–H and O–H groups in total. The van der Waals surface area contributed by atoms with Crippen molar-refractivity contribution in [2.45, 2.75) is 45.6 Å². The van der Waals surface area contributed by atoms with Crippen LogP contribution in [0.5, 0.6) is 11.5 Å². The number of benzene rings is 1. The van der Waals surface area contributed by atoms with E-state index in [4.69, 9.17) is 9.47 Å². The Morgan fingerprint density at radius 3 is 2.60 bits per heavy atom. The molecule has 0 aliphatic heterocycles. The predicted octanol–water partition coefficient (Wildman–Crippen LogP) is 3.55. The molecular formula is C17H27NO2. The van der Waals surface area contributed by atoms with Gasteiger partial charge in [0.25, 0.3) is 0 Å². The molecular weight excluding hydrogens is 250 g/mol. The molecule has 1 aromatic carbocycles. The van der Waals surface area contributed by atoms with Crippen LogP contribution in [0, 0.1) is 12.8 Å². The van der Waals surface area contributed by atoms with Crippen molar-refractivity contribution in [1.82, 2.24) is 5.32 Å². The van der Waals surface area contributed by atoms with Gasteiger partial charge in [0, 0.05) is 12.6 Å². The lowest BCUT2D eigenvalue weighted by molar-refractivity contribution is 0.262. The highest BCUT2D eigenvalue weighted by Gasteiger charge is 2.17. The van der Waals surface area contributed by atoms with Crippen molar-refractivity contribution in [1.29, 1.82) is 0 Å².